The highest BCUT2D eigenvalue weighted by atomic mass is 16.3. The standard InChI is InChI=1S/C26H37NO2/c1-18-3-2-4-20(13-18)15-23(28)7-8-24-25-16-21(14-22(25)17-26(24)29)6-5-19-9-11-27-12-10-19/h2-4,7-8,13-14,19,22-29H,5-6,9-12,15-17H2,1H3/b8-7+/t22-,23-,24+,25-,26+/m0/s1. The average molecular weight is 396 g/mol. The molecule has 1 heterocycles. The van der Waals surface area contributed by atoms with Crippen LogP contribution in [0.3, 0.4) is 0 Å². The fourth-order valence-corrected chi connectivity index (χ4v) is 5.76. The van der Waals surface area contributed by atoms with E-state index < -0.39 is 6.10 Å². The first-order valence-electron chi connectivity index (χ1n) is 11.6. The molecule has 3 heteroatoms. The van der Waals surface area contributed by atoms with Crippen LogP contribution in [0.5, 0.6) is 0 Å². The van der Waals surface area contributed by atoms with Gasteiger partial charge < -0.3 is 15.5 Å². The molecule has 4 rings (SSSR count). The lowest BCUT2D eigenvalue weighted by molar-refractivity contribution is 0.140. The Morgan fingerprint density at radius 1 is 1.24 bits per heavy atom. The number of aliphatic hydroxyl groups excluding tert-OH is 2. The molecule has 0 spiro atoms. The molecule has 1 saturated carbocycles. The molecule has 2 fully saturated rings. The Morgan fingerprint density at radius 2 is 2.07 bits per heavy atom. The molecule has 0 unspecified atom stereocenters. The van der Waals surface area contributed by atoms with Crippen molar-refractivity contribution in [3.63, 3.8) is 0 Å². The molecule has 5 atom stereocenters. The molecular formula is C26H37NO2. The van der Waals surface area contributed by atoms with E-state index in [0.29, 0.717) is 18.3 Å². The van der Waals surface area contributed by atoms with Crippen molar-refractivity contribution in [3.8, 4) is 0 Å². The van der Waals surface area contributed by atoms with Crippen LogP contribution in [0.15, 0.2) is 48.1 Å². The minimum absolute atomic E-state index is 0.180. The summed E-state index contributed by atoms with van der Waals surface area (Å²) in [5.41, 5.74) is 4.00. The number of benzene rings is 1. The van der Waals surface area contributed by atoms with Crippen molar-refractivity contribution in [1.29, 1.82) is 0 Å². The summed E-state index contributed by atoms with van der Waals surface area (Å²) in [7, 11) is 0. The molecule has 29 heavy (non-hydrogen) atoms. The Hall–Kier alpha value is -1.42. The number of rotatable bonds is 7. The van der Waals surface area contributed by atoms with Crippen molar-refractivity contribution in [1.82, 2.24) is 5.32 Å². The van der Waals surface area contributed by atoms with E-state index in [4.69, 9.17) is 0 Å². The minimum Gasteiger partial charge on any atom is -0.392 e. The highest BCUT2D eigenvalue weighted by Gasteiger charge is 2.43. The molecule has 0 aromatic heterocycles. The lowest BCUT2D eigenvalue weighted by Crippen LogP contribution is -2.27. The predicted octanol–water partition coefficient (Wildman–Crippen LogP) is 4.18. The largest absolute Gasteiger partial charge is 0.392 e. The average Bonchev–Trinajstić information content (AvgIpc) is 3.22. The maximum absolute atomic E-state index is 10.6. The summed E-state index contributed by atoms with van der Waals surface area (Å²) < 4.78 is 0. The van der Waals surface area contributed by atoms with E-state index >= 15 is 0 Å². The van der Waals surface area contributed by atoms with Gasteiger partial charge in [0.2, 0.25) is 0 Å². The number of hydrogen-bond acceptors (Lipinski definition) is 3. The lowest BCUT2D eigenvalue weighted by atomic mass is 9.87. The van der Waals surface area contributed by atoms with Gasteiger partial charge in [0.05, 0.1) is 12.2 Å². The molecule has 3 aliphatic rings. The zero-order valence-corrected chi connectivity index (χ0v) is 17.8. The minimum atomic E-state index is -0.489. The highest BCUT2D eigenvalue weighted by Crippen LogP contribution is 2.48. The van der Waals surface area contributed by atoms with E-state index in [1.54, 1.807) is 5.57 Å². The van der Waals surface area contributed by atoms with Crippen molar-refractivity contribution in [3.05, 3.63) is 59.2 Å². The number of aliphatic hydroxyl groups is 2. The van der Waals surface area contributed by atoms with Gasteiger partial charge in [0, 0.05) is 12.3 Å². The third-order valence-corrected chi connectivity index (χ3v) is 7.37. The van der Waals surface area contributed by atoms with Gasteiger partial charge in [-0.25, -0.2) is 0 Å². The summed E-state index contributed by atoms with van der Waals surface area (Å²) in [6.45, 7) is 4.44. The van der Waals surface area contributed by atoms with E-state index in [-0.39, 0.29) is 12.0 Å². The lowest BCUT2D eigenvalue weighted by Gasteiger charge is -2.23. The molecule has 2 aliphatic carbocycles. The van der Waals surface area contributed by atoms with Crippen LogP contribution in [0, 0.1) is 30.6 Å². The van der Waals surface area contributed by atoms with Gasteiger partial charge in [-0.3, -0.25) is 0 Å². The summed E-state index contributed by atoms with van der Waals surface area (Å²) in [6, 6.07) is 8.33. The van der Waals surface area contributed by atoms with Gasteiger partial charge in [-0.05, 0) is 81.9 Å². The number of allylic oxidation sites excluding steroid dienone is 2. The zero-order chi connectivity index (χ0) is 20.2. The van der Waals surface area contributed by atoms with Crippen LogP contribution in [-0.4, -0.2) is 35.5 Å². The fourth-order valence-electron chi connectivity index (χ4n) is 5.76. The quantitative estimate of drug-likeness (QED) is 0.607. The Kier molecular flexibility index (Phi) is 6.89. The maximum atomic E-state index is 10.6. The Labute approximate surface area is 175 Å². The number of hydrogen-bond donors (Lipinski definition) is 3. The fraction of sp³-hybridized carbons (Fsp3) is 0.615. The third-order valence-electron chi connectivity index (χ3n) is 7.37. The van der Waals surface area contributed by atoms with Gasteiger partial charge in [-0.15, -0.1) is 0 Å². The summed E-state index contributed by atoms with van der Waals surface area (Å²) in [5.74, 6) is 2.11. The Bertz CT molecular complexity index is 734. The monoisotopic (exact) mass is 395 g/mol. The highest BCUT2D eigenvalue weighted by molar-refractivity contribution is 5.24. The molecule has 0 radical (unpaired) electrons. The zero-order valence-electron chi connectivity index (χ0n) is 17.8. The van der Waals surface area contributed by atoms with Gasteiger partial charge in [0.25, 0.3) is 0 Å². The second-order valence-corrected chi connectivity index (χ2v) is 9.61. The van der Waals surface area contributed by atoms with Crippen LogP contribution in [-0.2, 0) is 6.42 Å². The first-order chi connectivity index (χ1) is 14.1. The van der Waals surface area contributed by atoms with Gasteiger partial charge in [0.15, 0.2) is 0 Å². The van der Waals surface area contributed by atoms with E-state index in [1.165, 1.54) is 44.3 Å². The number of fused-ring (bicyclic) bond motifs is 1. The SMILES string of the molecule is Cc1cccc(C[C@@H](O)/C=C/[C@@H]2[C@H]3CC(CCC4CCNCC4)=C[C@H]3C[C@H]2O)c1. The smallest absolute Gasteiger partial charge is 0.0761 e. The summed E-state index contributed by atoms with van der Waals surface area (Å²) in [5, 5.41) is 24.5. The van der Waals surface area contributed by atoms with Crippen molar-refractivity contribution < 1.29 is 10.2 Å². The molecule has 0 amide bonds. The van der Waals surface area contributed by atoms with Crippen molar-refractivity contribution in [2.45, 2.75) is 64.1 Å². The number of aryl methyl sites for hydroxylation is 1. The van der Waals surface area contributed by atoms with Gasteiger partial charge in [-0.1, -0.05) is 53.6 Å². The van der Waals surface area contributed by atoms with Crippen molar-refractivity contribution >= 4 is 0 Å². The van der Waals surface area contributed by atoms with Gasteiger partial charge in [0.1, 0.15) is 0 Å². The molecule has 1 aromatic carbocycles. The molecule has 1 aromatic rings. The Balaban J connectivity index is 1.29. The summed E-state index contributed by atoms with van der Waals surface area (Å²) >= 11 is 0. The first kappa shape index (κ1) is 20.8. The molecule has 0 bridgehead atoms. The van der Waals surface area contributed by atoms with Gasteiger partial charge >= 0.3 is 0 Å². The molecule has 158 valence electrons. The second kappa shape index (κ2) is 9.59. The van der Waals surface area contributed by atoms with E-state index in [0.717, 1.165) is 24.3 Å². The van der Waals surface area contributed by atoms with Crippen molar-refractivity contribution in [2.75, 3.05) is 13.1 Å². The molecule has 1 saturated heterocycles. The molecule has 1 aliphatic heterocycles. The molecule has 3 N–H and O–H groups in total. The van der Waals surface area contributed by atoms with Crippen LogP contribution in [0.1, 0.15) is 49.7 Å². The van der Waals surface area contributed by atoms with Gasteiger partial charge in [-0.2, -0.15) is 0 Å². The Morgan fingerprint density at radius 3 is 2.86 bits per heavy atom. The maximum Gasteiger partial charge on any atom is 0.0761 e. The van der Waals surface area contributed by atoms with E-state index in [9.17, 15) is 10.2 Å². The first-order valence-corrected chi connectivity index (χ1v) is 11.6. The van der Waals surface area contributed by atoms with E-state index in [2.05, 4.69) is 42.6 Å². The molecule has 3 nitrogen and oxygen atoms in total. The second-order valence-electron chi connectivity index (χ2n) is 9.61. The van der Waals surface area contributed by atoms with Crippen LogP contribution < -0.4 is 5.32 Å². The van der Waals surface area contributed by atoms with Crippen molar-refractivity contribution in [2.24, 2.45) is 23.7 Å². The summed E-state index contributed by atoms with van der Waals surface area (Å²) in [4.78, 5) is 0. The van der Waals surface area contributed by atoms with E-state index in [1.807, 2.05) is 12.1 Å². The van der Waals surface area contributed by atoms with Crippen LogP contribution in [0.2, 0.25) is 0 Å². The summed E-state index contributed by atoms with van der Waals surface area (Å²) in [6.07, 6.45) is 13.6. The third kappa shape index (κ3) is 5.39. The van der Waals surface area contributed by atoms with Crippen LogP contribution in [0.25, 0.3) is 0 Å². The molecular weight excluding hydrogens is 358 g/mol. The predicted molar refractivity (Wildman–Crippen MR) is 119 cm³/mol. The topological polar surface area (TPSA) is 52.5 Å². The number of nitrogens with one attached hydrogen (secondary N) is 1. The van der Waals surface area contributed by atoms with Crippen LogP contribution >= 0.6 is 0 Å². The van der Waals surface area contributed by atoms with Crippen LogP contribution in [0.4, 0.5) is 0 Å². The normalized spacial score (nSPS) is 31.2. The number of piperidine rings is 1.